The molecule has 4 nitrogen and oxygen atoms in total. The van der Waals surface area contributed by atoms with Gasteiger partial charge in [0.15, 0.2) is 0 Å². The Morgan fingerprint density at radius 2 is 2.08 bits per heavy atom. The van der Waals surface area contributed by atoms with E-state index in [0.717, 1.165) is 44.5 Å². The molecular formula is C21H26N2O2. The van der Waals surface area contributed by atoms with Crippen molar-refractivity contribution in [2.45, 2.75) is 44.2 Å². The Balaban J connectivity index is 1.34. The number of hydrogen-bond acceptors (Lipinski definition) is 3. The van der Waals surface area contributed by atoms with Crippen molar-refractivity contribution in [3.05, 3.63) is 60.1 Å². The van der Waals surface area contributed by atoms with E-state index in [2.05, 4.69) is 40.5 Å². The van der Waals surface area contributed by atoms with Crippen LogP contribution in [0.2, 0.25) is 0 Å². The summed E-state index contributed by atoms with van der Waals surface area (Å²) in [5.41, 5.74) is 1.35. The maximum absolute atomic E-state index is 12.8. The van der Waals surface area contributed by atoms with Crippen molar-refractivity contribution in [1.82, 2.24) is 10.2 Å². The topological polar surface area (TPSA) is 45.5 Å². The van der Waals surface area contributed by atoms with Crippen LogP contribution in [-0.2, 0) is 11.2 Å². The summed E-state index contributed by atoms with van der Waals surface area (Å²) in [6.45, 7) is 1.84. The Bertz CT molecular complexity index is 683. The lowest BCUT2D eigenvalue weighted by Crippen LogP contribution is -2.37. The Labute approximate surface area is 149 Å². The SMILES string of the molecule is O=C(NCCCc1ccco1)[C@H]1C[C@@H](c2ccccc2)N2CCC[C@H]12. The van der Waals surface area contributed by atoms with E-state index in [1.165, 1.54) is 12.0 Å². The smallest absolute Gasteiger partial charge is 0.224 e. The first kappa shape index (κ1) is 16.4. The van der Waals surface area contributed by atoms with Gasteiger partial charge in [0.05, 0.1) is 12.2 Å². The van der Waals surface area contributed by atoms with Crippen LogP contribution in [0.5, 0.6) is 0 Å². The molecule has 0 spiro atoms. The number of aryl methyl sites for hydroxylation is 1. The summed E-state index contributed by atoms with van der Waals surface area (Å²) in [6.07, 6.45) is 6.79. The maximum Gasteiger partial charge on any atom is 0.224 e. The second-order valence-electron chi connectivity index (χ2n) is 7.19. The highest BCUT2D eigenvalue weighted by atomic mass is 16.3. The molecule has 2 fully saturated rings. The minimum Gasteiger partial charge on any atom is -0.469 e. The van der Waals surface area contributed by atoms with E-state index >= 15 is 0 Å². The van der Waals surface area contributed by atoms with E-state index in [4.69, 9.17) is 4.42 Å². The first-order valence-electron chi connectivity index (χ1n) is 9.44. The lowest BCUT2D eigenvalue weighted by atomic mass is 9.93. The summed E-state index contributed by atoms with van der Waals surface area (Å²) < 4.78 is 5.34. The van der Waals surface area contributed by atoms with Crippen molar-refractivity contribution in [3.63, 3.8) is 0 Å². The number of carbonyl (C=O) groups excluding carboxylic acids is 1. The average molecular weight is 338 g/mol. The minimum atomic E-state index is 0.122. The van der Waals surface area contributed by atoms with Gasteiger partial charge in [0.25, 0.3) is 0 Å². The first-order valence-corrected chi connectivity index (χ1v) is 9.44. The third kappa shape index (κ3) is 3.49. The molecule has 1 aromatic carbocycles. The molecule has 25 heavy (non-hydrogen) atoms. The molecule has 0 bridgehead atoms. The summed E-state index contributed by atoms with van der Waals surface area (Å²) in [6, 6.07) is 15.4. The van der Waals surface area contributed by atoms with E-state index in [9.17, 15) is 4.79 Å². The molecule has 1 amide bonds. The molecule has 0 saturated carbocycles. The fourth-order valence-electron chi connectivity index (χ4n) is 4.51. The molecule has 4 heteroatoms. The van der Waals surface area contributed by atoms with Gasteiger partial charge < -0.3 is 9.73 Å². The van der Waals surface area contributed by atoms with Crippen LogP contribution >= 0.6 is 0 Å². The number of amides is 1. The van der Waals surface area contributed by atoms with Crippen LogP contribution in [0.4, 0.5) is 0 Å². The maximum atomic E-state index is 12.8. The van der Waals surface area contributed by atoms with Gasteiger partial charge in [0.1, 0.15) is 5.76 Å². The van der Waals surface area contributed by atoms with Gasteiger partial charge in [-0.2, -0.15) is 0 Å². The molecule has 0 aliphatic carbocycles. The Morgan fingerprint density at radius 1 is 1.20 bits per heavy atom. The van der Waals surface area contributed by atoms with Crippen LogP contribution in [0.3, 0.4) is 0 Å². The summed E-state index contributed by atoms with van der Waals surface area (Å²) in [4.78, 5) is 15.3. The molecule has 2 aromatic rings. The predicted molar refractivity (Wildman–Crippen MR) is 97.1 cm³/mol. The molecule has 2 aliphatic rings. The largest absolute Gasteiger partial charge is 0.469 e. The lowest BCUT2D eigenvalue weighted by molar-refractivity contribution is -0.125. The predicted octanol–water partition coefficient (Wildman–Crippen LogP) is 3.55. The van der Waals surface area contributed by atoms with Gasteiger partial charge in [0.2, 0.25) is 5.91 Å². The second kappa shape index (κ2) is 7.44. The average Bonchev–Trinajstić information content (AvgIpc) is 3.36. The number of benzene rings is 1. The number of rotatable bonds is 6. The van der Waals surface area contributed by atoms with Crippen LogP contribution in [-0.4, -0.2) is 29.9 Å². The zero-order valence-electron chi connectivity index (χ0n) is 14.6. The Morgan fingerprint density at radius 3 is 2.88 bits per heavy atom. The van der Waals surface area contributed by atoms with Crippen molar-refractivity contribution in [1.29, 1.82) is 0 Å². The summed E-state index contributed by atoms with van der Waals surface area (Å²) >= 11 is 0. The fraction of sp³-hybridized carbons (Fsp3) is 0.476. The minimum absolute atomic E-state index is 0.122. The quantitative estimate of drug-likeness (QED) is 0.819. The van der Waals surface area contributed by atoms with Crippen molar-refractivity contribution in [2.24, 2.45) is 5.92 Å². The number of fused-ring (bicyclic) bond motifs is 1. The van der Waals surface area contributed by atoms with Gasteiger partial charge in [-0.05, 0) is 49.9 Å². The molecule has 0 unspecified atom stereocenters. The van der Waals surface area contributed by atoms with Crippen LogP contribution in [0.25, 0.3) is 0 Å². The number of carbonyl (C=O) groups is 1. The highest BCUT2D eigenvalue weighted by Gasteiger charge is 2.46. The number of furan rings is 1. The van der Waals surface area contributed by atoms with Gasteiger partial charge in [-0.25, -0.2) is 0 Å². The van der Waals surface area contributed by atoms with Crippen molar-refractivity contribution >= 4 is 5.91 Å². The van der Waals surface area contributed by atoms with E-state index in [-0.39, 0.29) is 11.8 Å². The molecular weight excluding hydrogens is 312 g/mol. The molecule has 1 aromatic heterocycles. The van der Waals surface area contributed by atoms with Gasteiger partial charge in [0, 0.05) is 25.0 Å². The highest BCUT2D eigenvalue weighted by Crippen LogP contribution is 2.44. The number of nitrogens with one attached hydrogen (secondary N) is 1. The van der Waals surface area contributed by atoms with E-state index in [1.807, 2.05) is 12.1 Å². The van der Waals surface area contributed by atoms with Crippen LogP contribution < -0.4 is 5.32 Å². The highest BCUT2D eigenvalue weighted by molar-refractivity contribution is 5.80. The standard InChI is InChI=1S/C21H26N2O2/c24-21(22-12-4-9-17-10-6-14-25-17)18-15-20(16-7-2-1-3-8-16)23-13-5-11-19(18)23/h1-3,6-8,10,14,18-20H,4-5,9,11-13,15H2,(H,22,24)/t18-,19+,20-/m0/s1. The van der Waals surface area contributed by atoms with Crippen molar-refractivity contribution < 1.29 is 9.21 Å². The fourth-order valence-corrected chi connectivity index (χ4v) is 4.51. The summed E-state index contributed by atoms with van der Waals surface area (Å²) in [5, 5.41) is 3.16. The van der Waals surface area contributed by atoms with Crippen LogP contribution in [0.15, 0.2) is 53.1 Å². The first-order chi connectivity index (χ1) is 12.3. The van der Waals surface area contributed by atoms with E-state index in [0.29, 0.717) is 12.1 Å². The third-order valence-electron chi connectivity index (χ3n) is 5.68. The molecule has 2 saturated heterocycles. The van der Waals surface area contributed by atoms with Crippen molar-refractivity contribution in [3.8, 4) is 0 Å². The van der Waals surface area contributed by atoms with Gasteiger partial charge in [-0.15, -0.1) is 0 Å². The van der Waals surface area contributed by atoms with Crippen molar-refractivity contribution in [2.75, 3.05) is 13.1 Å². The van der Waals surface area contributed by atoms with Crippen LogP contribution in [0, 0.1) is 5.92 Å². The van der Waals surface area contributed by atoms with Crippen LogP contribution in [0.1, 0.15) is 43.0 Å². The molecule has 0 radical (unpaired) electrons. The van der Waals surface area contributed by atoms with Gasteiger partial charge in [-0.3, -0.25) is 9.69 Å². The molecule has 4 rings (SSSR count). The van der Waals surface area contributed by atoms with Gasteiger partial charge in [-0.1, -0.05) is 30.3 Å². The Hall–Kier alpha value is -2.07. The Kier molecular flexibility index (Phi) is 4.88. The monoisotopic (exact) mass is 338 g/mol. The normalized spacial score (nSPS) is 25.8. The second-order valence-corrected chi connectivity index (χ2v) is 7.19. The molecule has 3 atom stereocenters. The molecule has 3 heterocycles. The van der Waals surface area contributed by atoms with Gasteiger partial charge >= 0.3 is 0 Å². The third-order valence-corrected chi connectivity index (χ3v) is 5.68. The van der Waals surface area contributed by atoms with E-state index in [1.54, 1.807) is 6.26 Å². The molecule has 2 aliphatic heterocycles. The number of hydrogen-bond donors (Lipinski definition) is 1. The zero-order chi connectivity index (χ0) is 17.1. The molecule has 132 valence electrons. The lowest BCUT2D eigenvalue weighted by Gasteiger charge is -2.24. The molecule has 1 N–H and O–H groups in total. The zero-order valence-corrected chi connectivity index (χ0v) is 14.6. The van der Waals surface area contributed by atoms with E-state index < -0.39 is 0 Å². The summed E-state index contributed by atoms with van der Waals surface area (Å²) in [5.74, 6) is 1.34. The summed E-state index contributed by atoms with van der Waals surface area (Å²) in [7, 11) is 0. The number of nitrogens with zero attached hydrogens (tertiary/aromatic N) is 1.